The molecule has 1 rings (SSSR count). The maximum Gasteiger partial charge on any atom is 0.471 e. The first kappa shape index (κ1) is 12.8. The molecule has 2 amide bonds. The minimum Gasteiger partial charge on any atom is -0.369 e. The molecule has 16 heavy (non-hydrogen) atoms. The third-order valence-electron chi connectivity index (χ3n) is 2.79. The van der Waals surface area contributed by atoms with Gasteiger partial charge in [-0.15, -0.1) is 0 Å². The standard InChI is InChI=1S/C9H13F3N2O2/c1-5-2-3-6(7(13)15)4-14(5)8(16)9(10,11)12/h5-6H,2-4H2,1H3,(H2,13,15). The average molecular weight is 238 g/mol. The van der Waals surface area contributed by atoms with Gasteiger partial charge in [-0.3, -0.25) is 9.59 Å². The number of alkyl halides is 3. The van der Waals surface area contributed by atoms with Crippen molar-refractivity contribution in [2.45, 2.75) is 32.0 Å². The first-order valence-electron chi connectivity index (χ1n) is 4.90. The van der Waals surface area contributed by atoms with Gasteiger partial charge >= 0.3 is 12.1 Å². The predicted molar refractivity (Wildman–Crippen MR) is 49.1 cm³/mol. The molecule has 2 atom stereocenters. The van der Waals surface area contributed by atoms with E-state index < -0.39 is 30.0 Å². The summed E-state index contributed by atoms with van der Waals surface area (Å²) in [5.41, 5.74) is 5.03. The van der Waals surface area contributed by atoms with Gasteiger partial charge in [0.2, 0.25) is 5.91 Å². The number of hydrogen-bond acceptors (Lipinski definition) is 2. The van der Waals surface area contributed by atoms with E-state index in [2.05, 4.69) is 0 Å². The van der Waals surface area contributed by atoms with Crippen molar-refractivity contribution >= 4 is 11.8 Å². The van der Waals surface area contributed by atoms with E-state index in [-0.39, 0.29) is 6.54 Å². The van der Waals surface area contributed by atoms with Crippen molar-refractivity contribution in [2.75, 3.05) is 6.54 Å². The van der Waals surface area contributed by atoms with Crippen LogP contribution in [0.3, 0.4) is 0 Å². The minimum absolute atomic E-state index is 0.241. The second kappa shape index (κ2) is 4.31. The van der Waals surface area contributed by atoms with Gasteiger partial charge < -0.3 is 10.6 Å². The zero-order valence-corrected chi connectivity index (χ0v) is 8.75. The summed E-state index contributed by atoms with van der Waals surface area (Å²) in [6, 6.07) is -0.510. The zero-order chi connectivity index (χ0) is 12.5. The second-order valence-electron chi connectivity index (χ2n) is 3.98. The van der Waals surface area contributed by atoms with Gasteiger partial charge in [-0.1, -0.05) is 0 Å². The predicted octanol–water partition coefficient (Wildman–Crippen LogP) is 0.661. The number of amides is 2. The summed E-state index contributed by atoms with van der Waals surface area (Å²) in [6.45, 7) is 1.29. The number of halogens is 3. The Hall–Kier alpha value is -1.27. The van der Waals surface area contributed by atoms with E-state index >= 15 is 0 Å². The average Bonchev–Trinajstić information content (AvgIpc) is 2.15. The topological polar surface area (TPSA) is 63.4 Å². The smallest absolute Gasteiger partial charge is 0.369 e. The molecule has 0 aliphatic carbocycles. The lowest BCUT2D eigenvalue weighted by Gasteiger charge is -2.37. The Labute approximate surface area is 90.6 Å². The van der Waals surface area contributed by atoms with Gasteiger partial charge in [0.1, 0.15) is 0 Å². The molecule has 7 heteroatoms. The van der Waals surface area contributed by atoms with Crippen molar-refractivity contribution in [3.63, 3.8) is 0 Å². The third kappa shape index (κ3) is 2.65. The van der Waals surface area contributed by atoms with Gasteiger partial charge in [-0.05, 0) is 19.8 Å². The Balaban J connectivity index is 2.78. The molecule has 0 spiro atoms. The first-order valence-corrected chi connectivity index (χ1v) is 4.90. The van der Waals surface area contributed by atoms with Crippen LogP contribution >= 0.6 is 0 Å². The molecule has 0 radical (unpaired) electrons. The SMILES string of the molecule is CC1CCC(C(N)=O)CN1C(=O)C(F)(F)F. The molecule has 0 saturated carbocycles. The fourth-order valence-electron chi connectivity index (χ4n) is 1.79. The van der Waals surface area contributed by atoms with Crippen molar-refractivity contribution < 1.29 is 22.8 Å². The summed E-state index contributed by atoms with van der Waals surface area (Å²) in [5.74, 6) is -3.24. The van der Waals surface area contributed by atoms with Crippen LogP contribution in [0.2, 0.25) is 0 Å². The van der Waals surface area contributed by atoms with Crippen LogP contribution < -0.4 is 5.73 Å². The zero-order valence-electron chi connectivity index (χ0n) is 8.75. The van der Waals surface area contributed by atoms with Crippen LogP contribution in [-0.4, -0.2) is 35.5 Å². The van der Waals surface area contributed by atoms with Crippen LogP contribution in [0.4, 0.5) is 13.2 Å². The molecule has 0 bridgehead atoms. The van der Waals surface area contributed by atoms with E-state index in [0.717, 1.165) is 0 Å². The van der Waals surface area contributed by atoms with Crippen LogP contribution in [-0.2, 0) is 9.59 Å². The summed E-state index contributed by atoms with van der Waals surface area (Å²) in [6.07, 6.45) is -4.11. The van der Waals surface area contributed by atoms with Gasteiger partial charge in [0.15, 0.2) is 0 Å². The molecule has 0 aromatic carbocycles. The molecule has 1 saturated heterocycles. The van der Waals surface area contributed by atoms with E-state index in [0.29, 0.717) is 17.7 Å². The summed E-state index contributed by atoms with van der Waals surface area (Å²) in [5, 5.41) is 0. The van der Waals surface area contributed by atoms with Gasteiger partial charge in [0, 0.05) is 12.6 Å². The largest absolute Gasteiger partial charge is 0.471 e. The molecule has 1 heterocycles. The molecule has 4 nitrogen and oxygen atoms in total. The molecule has 92 valence electrons. The number of likely N-dealkylation sites (tertiary alicyclic amines) is 1. The summed E-state index contributed by atoms with van der Waals surface area (Å²) < 4.78 is 36.7. The van der Waals surface area contributed by atoms with E-state index in [1.54, 1.807) is 0 Å². The number of hydrogen-bond donors (Lipinski definition) is 1. The van der Waals surface area contributed by atoms with Crippen LogP contribution in [0.15, 0.2) is 0 Å². The monoisotopic (exact) mass is 238 g/mol. The van der Waals surface area contributed by atoms with Crippen molar-refractivity contribution in [1.82, 2.24) is 4.90 Å². The van der Waals surface area contributed by atoms with Crippen molar-refractivity contribution in [1.29, 1.82) is 0 Å². The molecule has 2 N–H and O–H groups in total. The Morgan fingerprint density at radius 1 is 1.31 bits per heavy atom. The summed E-state index contributed by atoms with van der Waals surface area (Å²) in [7, 11) is 0. The Bertz CT molecular complexity index is 304. The lowest BCUT2D eigenvalue weighted by molar-refractivity contribution is -0.189. The lowest BCUT2D eigenvalue weighted by atomic mass is 9.93. The maximum absolute atomic E-state index is 12.2. The lowest BCUT2D eigenvalue weighted by Crippen LogP contribution is -2.52. The number of carbonyl (C=O) groups is 2. The quantitative estimate of drug-likeness (QED) is 0.729. The molecule has 1 fully saturated rings. The van der Waals surface area contributed by atoms with E-state index in [1.807, 2.05) is 0 Å². The minimum atomic E-state index is -4.90. The highest BCUT2D eigenvalue weighted by Gasteiger charge is 2.46. The Kier molecular flexibility index (Phi) is 3.44. The van der Waals surface area contributed by atoms with Crippen molar-refractivity contribution in [3.05, 3.63) is 0 Å². The fourth-order valence-corrected chi connectivity index (χ4v) is 1.79. The first-order chi connectivity index (χ1) is 7.23. The molecule has 1 aliphatic heterocycles. The third-order valence-corrected chi connectivity index (χ3v) is 2.79. The second-order valence-corrected chi connectivity index (χ2v) is 3.98. The molecule has 1 aliphatic rings. The number of primary amides is 1. The molecule has 0 aromatic rings. The van der Waals surface area contributed by atoms with E-state index in [9.17, 15) is 22.8 Å². The van der Waals surface area contributed by atoms with Gasteiger partial charge in [0.25, 0.3) is 0 Å². The van der Waals surface area contributed by atoms with Gasteiger partial charge in [-0.25, -0.2) is 0 Å². The van der Waals surface area contributed by atoms with E-state index in [1.165, 1.54) is 6.92 Å². The fraction of sp³-hybridized carbons (Fsp3) is 0.778. The molecular weight excluding hydrogens is 225 g/mol. The van der Waals surface area contributed by atoms with Crippen LogP contribution in [0.25, 0.3) is 0 Å². The highest BCUT2D eigenvalue weighted by Crippen LogP contribution is 2.27. The van der Waals surface area contributed by atoms with Crippen molar-refractivity contribution in [2.24, 2.45) is 11.7 Å². The number of piperidine rings is 1. The van der Waals surface area contributed by atoms with E-state index in [4.69, 9.17) is 5.73 Å². The molecule has 2 unspecified atom stereocenters. The number of rotatable bonds is 1. The highest BCUT2D eigenvalue weighted by atomic mass is 19.4. The van der Waals surface area contributed by atoms with Crippen LogP contribution in [0.5, 0.6) is 0 Å². The number of nitrogens with zero attached hydrogens (tertiary/aromatic N) is 1. The summed E-state index contributed by atoms with van der Waals surface area (Å²) in [4.78, 5) is 22.6. The Morgan fingerprint density at radius 3 is 2.31 bits per heavy atom. The molecule has 0 aromatic heterocycles. The Morgan fingerprint density at radius 2 is 1.88 bits per heavy atom. The van der Waals surface area contributed by atoms with Crippen molar-refractivity contribution in [3.8, 4) is 0 Å². The van der Waals surface area contributed by atoms with Gasteiger partial charge in [-0.2, -0.15) is 13.2 Å². The number of carbonyl (C=O) groups excluding carboxylic acids is 2. The van der Waals surface area contributed by atoms with Crippen LogP contribution in [0.1, 0.15) is 19.8 Å². The highest BCUT2D eigenvalue weighted by molar-refractivity contribution is 5.83. The van der Waals surface area contributed by atoms with Crippen LogP contribution in [0, 0.1) is 5.92 Å². The molecular formula is C9H13F3N2O2. The number of nitrogens with two attached hydrogens (primary N) is 1. The van der Waals surface area contributed by atoms with Gasteiger partial charge in [0.05, 0.1) is 5.92 Å². The maximum atomic E-state index is 12.2. The normalized spacial score (nSPS) is 26.6. The summed E-state index contributed by atoms with van der Waals surface area (Å²) >= 11 is 0.